The summed E-state index contributed by atoms with van der Waals surface area (Å²) < 4.78 is 0. The number of aryl methyl sites for hydroxylation is 1. The molecule has 1 heterocycles. The Morgan fingerprint density at radius 1 is 1.00 bits per heavy atom. The lowest BCUT2D eigenvalue weighted by atomic mass is 10.1. The average Bonchev–Trinajstić information content (AvgIpc) is 2.54. The number of amides is 3. The van der Waals surface area contributed by atoms with Crippen molar-refractivity contribution in [2.75, 3.05) is 26.2 Å². The fraction of sp³-hybridized carbons (Fsp3) is 0.579. The van der Waals surface area contributed by atoms with E-state index in [9.17, 15) is 9.59 Å². The van der Waals surface area contributed by atoms with Gasteiger partial charge in [-0.2, -0.15) is 0 Å². The Morgan fingerprint density at radius 2 is 1.54 bits per heavy atom. The summed E-state index contributed by atoms with van der Waals surface area (Å²) >= 11 is 0. The smallest absolute Gasteiger partial charge is 0.317 e. The van der Waals surface area contributed by atoms with Gasteiger partial charge in [0, 0.05) is 37.3 Å². The van der Waals surface area contributed by atoms with Gasteiger partial charge in [-0.3, -0.25) is 4.79 Å². The molecule has 24 heavy (non-hydrogen) atoms. The lowest BCUT2D eigenvalue weighted by Gasteiger charge is -2.36. The molecular weight excluding hydrogens is 302 g/mol. The van der Waals surface area contributed by atoms with E-state index in [-0.39, 0.29) is 17.5 Å². The molecular formula is C19H29N3O2. The average molecular weight is 331 g/mol. The molecule has 5 nitrogen and oxygen atoms in total. The summed E-state index contributed by atoms with van der Waals surface area (Å²) in [6.07, 6.45) is 2.14. The molecule has 132 valence electrons. The van der Waals surface area contributed by atoms with Gasteiger partial charge in [0.25, 0.3) is 5.91 Å². The summed E-state index contributed by atoms with van der Waals surface area (Å²) in [7, 11) is 0. The summed E-state index contributed by atoms with van der Waals surface area (Å²) in [5.41, 5.74) is 1.74. The summed E-state index contributed by atoms with van der Waals surface area (Å²) in [5.74, 6) is 0.0499. The predicted molar refractivity (Wildman–Crippen MR) is 96.2 cm³/mol. The Hall–Kier alpha value is -2.04. The normalized spacial score (nSPS) is 15.3. The number of nitrogens with one attached hydrogen (secondary N) is 1. The van der Waals surface area contributed by atoms with Gasteiger partial charge < -0.3 is 15.1 Å². The number of carbonyl (C=O) groups excluding carboxylic acids is 2. The Bertz CT molecular complexity index is 567. The standard InChI is InChI=1S/C19H29N3O2/c1-5-6-15-7-9-16(10-8-15)17(23)21-11-13-22(14-12-21)18(24)20-19(2,3)4/h7-10H,5-6,11-14H2,1-4H3,(H,20,24). The second-order valence-corrected chi connectivity index (χ2v) is 7.41. The first-order valence-corrected chi connectivity index (χ1v) is 8.75. The van der Waals surface area contributed by atoms with Crippen LogP contribution in [0.15, 0.2) is 24.3 Å². The van der Waals surface area contributed by atoms with E-state index in [1.807, 2.05) is 49.9 Å². The van der Waals surface area contributed by atoms with Gasteiger partial charge in [-0.05, 0) is 44.9 Å². The molecule has 1 aliphatic rings. The molecule has 1 fully saturated rings. The molecule has 1 aliphatic heterocycles. The first kappa shape index (κ1) is 18.3. The van der Waals surface area contributed by atoms with Gasteiger partial charge in [-0.25, -0.2) is 4.79 Å². The minimum Gasteiger partial charge on any atom is -0.335 e. The monoisotopic (exact) mass is 331 g/mol. The van der Waals surface area contributed by atoms with Gasteiger partial charge in [0.1, 0.15) is 0 Å². The molecule has 5 heteroatoms. The molecule has 1 saturated heterocycles. The Morgan fingerprint density at radius 3 is 2.04 bits per heavy atom. The van der Waals surface area contributed by atoms with Crippen LogP contribution in [-0.2, 0) is 6.42 Å². The first-order chi connectivity index (χ1) is 11.3. The van der Waals surface area contributed by atoms with Gasteiger partial charge in [-0.15, -0.1) is 0 Å². The molecule has 0 atom stereocenters. The first-order valence-electron chi connectivity index (χ1n) is 8.75. The Kier molecular flexibility index (Phi) is 5.86. The molecule has 0 aromatic heterocycles. The molecule has 1 N–H and O–H groups in total. The molecule has 1 aromatic rings. The van der Waals surface area contributed by atoms with Gasteiger partial charge >= 0.3 is 6.03 Å². The fourth-order valence-corrected chi connectivity index (χ4v) is 2.80. The van der Waals surface area contributed by atoms with Crippen LogP contribution >= 0.6 is 0 Å². The second kappa shape index (κ2) is 7.69. The quantitative estimate of drug-likeness (QED) is 0.926. The van der Waals surface area contributed by atoms with E-state index in [1.54, 1.807) is 4.90 Å². The van der Waals surface area contributed by atoms with Crippen LogP contribution < -0.4 is 5.32 Å². The summed E-state index contributed by atoms with van der Waals surface area (Å²) in [6.45, 7) is 10.3. The van der Waals surface area contributed by atoms with Crippen molar-refractivity contribution in [2.24, 2.45) is 0 Å². The van der Waals surface area contributed by atoms with E-state index in [0.717, 1.165) is 18.4 Å². The van der Waals surface area contributed by atoms with Crippen LogP contribution in [0.1, 0.15) is 50.0 Å². The zero-order valence-corrected chi connectivity index (χ0v) is 15.3. The van der Waals surface area contributed by atoms with Crippen LogP contribution in [0.25, 0.3) is 0 Å². The Labute approximate surface area is 145 Å². The predicted octanol–water partition coefficient (Wildman–Crippen LogP) is 2.91. The highest BCUT2D eigenvalue weighted by atomic mass is 16.2. The highest BCUT2D eigenvalue weighted by molar-refractivity contribution is 5.94. The number of nitrogens with zero attached hydrogens (tertiary/aromatic N) is 2. The molecule has 0 saturated carbocycles. The largest absolute Gasteiger partial charge is 0.335 e. The Balaban J connectivity index is 1.89. The van der Waals surface area contributed by atoms with Crippen molar-refractivity contribution in [1.29, 1.82) is 0 Å². The van der Waals surface area contributed by atoms with Crippen molar-refractivity contribution in [3.63, 3.8) is 0 Å². The van der Waals surface area contributed by atoms with Crippen LogP contribution in [0.3, 0.4) is 0 Å². The van der Waals surface area contributed by atoms with Crippen LogP contribution in [0.4, 0.5) is 4.79 Å². The van der Waals surface area contributed by atoms with Crippen molar-refractivity contribution in [2.45, 2.75) is 46.1 Å². The van der Waals surface area contributed by atoms with Gasteiger partial charge in [-0.1, -0.05) is 25.5 Å². The van der Waals surface area contributed by atoms with Crippen LogP contribution in [0.2, 0.25) is 0 Å². The minimum atomic E-state index is -0.246. The third kappa shape index (κ3) is 4.98. The molecule has 0 aliphatic carbocycles. The number of hydrogen-bond donors (Lipinski definition) is 1. The SMILES string of the molecule is CCCc1ccc(C(=O)N2CCN(C(=O)NC(C)(C)C)CC2)cc1. The number of carbonyl (C=O) groups is 2. The molecule has 0 unspecified atom stereocenters. The summed E-state index contributed by atoms with van der Waals surface area (Å²) in [5, 5.41) is 2.97. The highest BCUT2D eigenvalue weighted by Crippen LogP contribution is 2.12. The lowest BCUT2D eigenvalue weighted by Crippen LogP contribution is -2.56. The third-order valence-electron chi connectivity index (χ3n) is 4.08. The number of benzene rings is 1. The summed E-state index contributed by atoms with van der Waals surface area (Å²) in [4.78, 5) is 28.4. The number of urea groups is 1. The number of rotatable bonds is 3. The fourth-order valence-electron chi connectivity index (χ4n) is 2.80. The van der Waals surface area contributed by atoms with Crippen molar-refractivity contribution in [3.8, 4) is 0 Å². The van der Waals surface area contributed by atoms with Crippen molar-refractivity contribution in [3.05, 3.63) is 35.4 Å². The highest BCUT2D eigenvalue weighted by Gasteiger charge is 2.26. The van der Waals surface area contributed by atoms with E-state index in [0.29, 0.717) is 26.2 Å². The molecule has 2 rings (SSSR count). The molecule has 0 spiro atoms. The maximum Gasteiger partial charge on any atom is 0.317 e. The number of hydrogen-bond acceptors (Lipinski definition) is 2. The third-order valence-corrected chi connectivity index (χ3v) is 4.08. The van der Waals surface area contributed by atoms with Crippen molar-refractivity contribution >= 4 is 11.9 Å². The van der Waals surface area contributed by atoms with Crippen molar-refractivity contribution in [1.82, 2.24) is 15.1 Å². The minimum absolute atomic E-state index is 0.0499. The molecule has 0 radical (unpaired) electrons. The van der Waals surface area contributed by atoms with Crippen LogP contribution in [0, 0.1) is 0 Å². The molecule has 0 bridgehead atoms. The van der Waals surface area contributed by atoms with Crippen LogP contribution in [-0.4, -0.2) is 53.5 Å². The van der Waals surface area contributed by atoms with E-state index in [2.05, 4.69) is 12.2 Å². The molecule has 3 amide bonds. The summed E-state index contributed by atoms with van der Waals surface area (Å²) in [6, 6.07) is 7.82. The van der Waals surface area contributed by atoms with E-state index in [1.165, 1.54) is 5.56 Å². The van der Waals surface area contributed by atoms with Crippen molar-refractivity contribution < 1.29 is 9.59 Å². The van der Waals surface area contributed by atoms with Gasteiger partial charge in [0.2, 0.25) is 0 Å². The van der Waals surface area contributed by atoms with Crippen LogP contribution in [0.5, 0.6) is 0 Å². The maximum absolute atomic E-state index is 12.6. The maximum atomic E-state index is 12.6. The number of piperazine rings is 1. The second-order valence-electron chi connectivity index (χ2n) is 7.41. The van der Waals surface area contributed by atoms with E-state index < -0.39 is 0 Å². The van der Waals surface area contributed by atoms with E-state index in [4.69, 9.17) is 0 Å². The van der Waals surface area contributed by atoms with Gasteiger partial charge in [0.15, 0.2) is 0 Å². The zero-order chi connectivity index (χ0) is 17.7. The zero-order valence-electron chi connectivity index (χ0n) is 15.3. The molecule has 1 aromatic carbocycles. The van der Waals surface area contributed by atoms with Gasteiger partial charge in [0.05, 0.1) is 0 Å². The van der Waals surface area contributed by atoms with E-state index >= 15 is 0 Å². The topological polar surface area (TPSA) is 52.7 Å². The lowest BCUT2D eigenvalue weighted by molar-refractivity contribution is 0.0661.